The second-order valence-corrected chi connectivity index (χ2v) is 6.48. The number of nitrogens with one attached hydrogen (secondary N) is 1. The Morgan fingerprint density at radius 3 is 2.83 bits per heavy atom. The van der Waals surface area contributed by atoms with Crippen molar-refractivity contribution in [3.05, 3.63) is 62.0 Å². The molecule has 0 unspecified atom stereocenters. The molecule has 1 N–H and O–H groups in total. The molecule has 0 bridgehead atoms. The maximum Gasteiger partial charge on any atom is 0.277 e. The molecular formula is C17H15BrCl2N2O2. The summed E-state index contributed by atoms with van der Waals surface area (Å²) in [7, 11) is 0. The number of hydrogen-bond donors (Lipinski definition) is 1. The van der Waals surface area contributed by atoms with Crippen molar-refractivity contribution >= 4 is 51.3 Å². The smallest absolute Gasteiger partial charge is 0.277 e. The predicted octanol–water partition coefficient (Wildman–Crippen LogP) is 4.85. The molecule has 0 saturated carbocycles. The minimum absolute atomic E-state index is 0.148. The van der Waals surface area contributed by atoms with Crippen LogP contribution < -0.4 is 10.2 Å². The summed E-state index contributed by atoms with van der Waals surface area (Å²) in [6.07, 6.45) is 2.36. The maximum absolute atomic E-state index is 11.8. The lowest BCUT2D eigenvalue weighted by molar-refractivity contribution is -0.123. The van der Waals surface area contributed by atoms with Crippen molar-refractivity contribution in [2.24, 2.45) is 5.10 Å². The van der Waals surface area contributed by atoms with Crippen LogP contribution in [0.4, 0.5) is 0 Å². The molecule has 2 aromatic carbocycles. The first-order valence-corrected chi connectivity index (χ1v) is 8.73. The largest absolute Gasteiger partial charge is 0.483 e. The number of hydrazone groups is 1. The zero-order valence-electron chi connectivity index (χ0n) is 12.9. The van der Waals surface area contributed by atoms with Crippen molar-refractivity contribution in [2.75, 3.05) is 6.61 Å². The molecule has 0 aliphatic rings. The van der Waals surface area contributed by atoms with Crippen molar-refractivity contribution in [2.45, 2.75) is 13.3 Å². The first-order valence-electron chi connectivity index (χ1n) is 7.18. The van der Waals surface area contributed by atoms with E-state index in [1.807, 2.05) is 18.2 Å². The third kappa shape index (κ3) is 5.23. The summed E-state index contributed by atoms with van der Waals surface area (Å²) in [5.74, 6) is 0.222. The molecular weight excluding hydrogens is 415 g/mol. The van der Waals surface area contributed by atoms with E-state index in [-0.39, 0.29) is 12.5 Å². The van der Waals surface area contributed by atoms with Gasteiger partial charge >= 0.3 is 0 Å². The van der Waals surface area contributed by atoms with E-state index in [1.54, 1.807) is 18.2 Å². The Morgan fingerprint density at radius 2 is 2.12 bits per heavy atom. The van der Waals surface area contributed by atoms with Crippen molar-refractivity contribution in [1.82, 2.24) is 5.43 Å². The van der Waals surface area contributed by atoms with Gasteiger partial charge in [-0.05, 0) is 46.1 Å². The second-order valence-electron chi connectivity index (χ2n) is 4.84. The van der Waals surface area contributed by atoms with E-state index in [1.165, 1.54) is 11.8 Å². The van der Waals surface area contributed by atoms with Crippen LogP contribution in [-0.2, 0) is 11.2 Å². The van der Waals surface area contributed by atoms with E-state index in [9.17, 15) is 4.79 Å². The van der Waals surface area contributed by atoms with E-state index >= 15 is 0 Å². The second kappa shape index (κ2) is 9.06. The third-order valence-electron chi connectivity index (χ3n) is 3.14. The van der Waals surface area contributed by atoms with Gasteiger partial charge < -0.3 is 4.74 Å². The van der Waals surface area contributed by atoms with Crippen molar-refractivity contribution in [3.63, 3.8) is 0 Å². The third-order valence-corrected chi connectivity index (χ3v) is 4.59. The molecule has 0 aromatic heterocycles. The zero-order valence-corrected chi connectivity index (χ0v) is 16.0. The summed E-state index contributed by atoms with van der Waals surface area (Å²) in [5, 5.41) is 4.66. The maximum atomic E-state index is 11.8. The van der Waals surface area contributed by atoms with Gasteiger partial charge in [-0.15, -0.1) is 0 Å². The number of carbonyl (C=O) groups excluding carboxylic acids is 1. The fourth-order valence-corrected chi connectivity index (χ4v) is 2.75. The Kier molecular flexibility index (Phi) is 7.09. The van der Waals surface area contributed by atoms with Gasteiger partial charge in [-0.3, -0.25) is 4.79 Å². The quantitative estimate of drug-likeness (QED) is 0.527. The first kappa shape index (κ1) is 18.8. The van der Waals surface area contributed by atoms with Gasteiger partial charge in [0.1, 0.15) is 5.75 Å². The van der Waals surface area contributed by atoms with Gasteiger partial charge in [-0.1, -0.05) is 48.3 Å². The average Bonchev–Trinajstić information content (AvgIpc) is 2.57. The van der Waals surface area contributed by atoms with E-state index in [2.05, 4.69) is 33.4 Å². The summed E-state index contributed by atoms with van der Waals surface area (Å²) in [6, 6.07) is 10.9. The van der Waals surface area contributed by atoms with Crippen LogP contribution in [-0.4, -0.2) is 18.7 Å². The zero-order chi connectivity index (χ0) is 17.5. The monoisotopic (exact) mass is 428 g/mol. The lowest BCUT2D eigenvalue weighted by Gasteiger charge is -2.08. The lowest BCUT2D eigenvalue weighted by Crippen LogP contribution is -2.24. The minimum atomic E-state index is -0.379. The summed E-state index contributed by atoms with van der Waals surface area (Å²) in [4.78, 5) is 11.8. The van der Waals surface area contributed by atoms with E-state index < -0.39 is 0 Å². The number of halogens is 3. The number of rotatable bonds is 6. The van der Waals surface area contributed by atoms with Crippen LogP contribution in [0.5, 0.6) is 5.75 Å². The van der Waals surface area contributed by atoms with Gasteiger partial charge in [0.05, 0.1) is 20.7 Å². The Bertz CT molecular complexity index is 766. The molecule has 4 nitrogen and oxygen atoms in total. The number of amides is 1. The highest BCUT2D eigenvalue weighted by atomic mass is 79.9. The van der Waals surface area contributed by atoms with Crippen LogP contribution in [0.3, 0.4) is 0 Å². The summed E-state index contributed by atoms with van der Waals surface area (Å²) < 4.78 is 6.27. The molecule has 0 radical (unpaired) electrons. The Balaban J connectivity index is 1.87. The standard InChI is InChI=1S/C17H15BrCl2N2O2/c1-2-11-6-7-15(13(18)8-11)24-10-16(23)22-21-9-12-4-3-5-14(19)17(12)20/h3-9H,2,10H2,1H3,(H,22,23)/b21-9+. The highest BCUT2D eigenvalue weighted by Crippen LogP contribution is 2.26. The van der Waals surface area contributed by atoms with Crippen molar-refractivity contribution in [3.8, 4) is 5.75 Å². The molecule has 0 heterocycles. The molecule has 2 aromatic rings. The topological polar surface area (TPSA) is 50.7 Å². The van der Waals surface area contributed by atoms with Gasteiger partial charge in [-0.25, -0.2) is 5.43 Å². The number of carbonyl (C=O) groups is 1. The predicted molar refractivity (Wildman–Crippen MR) is 101 cm³/mol. The average molecular weight is 430 g/mol. The Hall–Kier alpha value is -1.56. The number of aryl methyl sites for hydroxylation is 1. The van der Waals surface area contributed by atoms with E-state index in [0.29, 0.717) is 21.4 Å². The van der Waals surface area contributed by atoms with Crippen LogP contribution >= 0.6 is 39.1 Å². The van der Waals surface area contributed by atoms with Crippen LogP contribution in [0.2, 0.25) is 10.0 Å². The minimum Gasteiger partial charge on any atom is -0.483 e. The van der Waals surface area contributed by atoms with Crippen LogP contribution in [0.15, 0.2) is 46.0 Å². The lowest BCUT2D eigenvalue weighted by atomic mass is 10.2. The molecule has 0 spiro atoms. The SMILES string of the molecule is CCc1ccc(OCC(=O)N/N=C/c2cccc(Cl)c2Cl)c(Br)c1. The highest BCUT2D eigenvalue weighted by Gasteiger charge is 2.06. The Labute approximate surface area is 158 Å². The number of nitrogens with zero attached hydrogens (tertiary/aromatic N) is 1. The van der Waals surface area contributed by atoms with Gasteiger partial charge in [-0.2, -0.15) is 5.10 Å². The van der Waals surface area contributed by atoms with Gasteiger partial charge in [0.15, 0.2) is 6.61 Å². The van der Waals surface area contributed by atoms with Crippen LogP contribution in [0, 0.1) is 0 Å². The summed E-state index contributed by atoms with van der Waals surface area (Å²) in [6.45, 7) is 1.92. The molecule has 0 atom stereocenters. The van der Waals surface area contributed by atoms with Crippen molar-refractivity contribution < 1.29 is 9.53 Å². The number of benzene rings is 2. The van der Waals surface area contributed by atoms with Gasteiger partial charge in [0, 0.05) is 5.56 Å². The molecule has 126 valence electrons. The molecule has 7 heteroatoms. The van der Waals surface area contributed by atoms with Gasteiger partial charge in [0.2, 0.25) is 0 Å². The fraction of sp³-hybridized carbons (Fsp3) is 0.176. The van der Waals surface area contributed by atoms with E-state index in [4.69, 9.17) is 27.9 Å². The fourth-order valence-electron chi connectivity index (χ4n) is 1.85. The number of hydrogen-bond acceptors (Lipinski definition) is 3. The molecule has 0 aliphatic heterocycles. The normalized spacial score (nSPS) is 10.8. The van der Waals surface area contributed by atoms with Gasteiger partial charge in [0.25, 0.3) is 5.91 Å². The Morgan fingerprint density at radius 1 is 1.33 bits per heavy atom. The number of ether oxygens (including phenoxy) is 1. The van der Waals surface area contributed by atoms with Crippen LogP contribution in [0.1, 0.15) is 18.1 Å². The van der Waals surface area contributed by atoms with Crippen LogP contribution in [0.25, 0.3) is 0 Å². The molecule has 1 amide bonds. The summed E-state index contributed by atoms with van der Waals surface area (Å²) >= 11 is 15.4. The highest BCUT2D eigenvalue weighted by molar-refractivity contribution is 9.10. The van der Waals surface area contributed by atoms with E-state index in [0.717, 1.165) is 10.9 Å². The molecule has 2 rings (SSSR count). The molecule has 0 fully saturated rings. The van der Waals surface area contributed by atoms with Crippen molar-refractivity contribution in [1.29, 1.82) is 0 Å². The molecule has 0 aliphatic carbocycles. The first-order chi connectivity index (χ1) is 11.5. The molecule has 0 saturated heterocycles. The summed E-state index contributed by atoms with van der Waals surface area (Å²) in [5.41, 5.74) is 4.17. The molecule has 24 heavy (non-hydrogen) atoms.